The van der Waals surface area contributed by atoms with Crippen molar-refractivity contribution in [1.82, 2.24) is 5.32 Å². The quantitative estimate of drug-likeness (QED) is 0.0502. The molecule has 0 heterocycles. The van der Waals surface area contributed by atoms with E-state index in [9.17, 15) is 34.4 Å². The number of rotatable bonds is 11. The highest BCUT2D eigenvalue weighted by Crippen LogP contribution is 2.24. The maximum Gasteiger partial charge on any atom is 0.339 e. The van der Waals surface area contributed by atoms with E-state index in [-0.39, 0.29) is 28.4 Å². The first-order valence-electron chi connectivity index (χ1n) is 12.8. The van der Waals surface area contributed by atoms with Crippen molar-refractivity contribution in [3.63, 3.8) is 0 Å². The molecule has 3 amide bonds. The van der Waals surface area contributed by atoms with Gasteiger partial charge in [-0.2, -0.15) is 0 Å². The second-order valence-electron chi connectivity index (χ2n) is 9.08. The molecule has 12 nitrogen and oxygen atoms in total. The molecule has 0 aromatic heterocycles. The standard InChI is InChI=1S/C31H24N4O8S/c36-27-14-11-22(17-25(27)31(40)41)32-28(37)18-44-24-8-4-7-21(16-24)33-30(39)26(34-29(38)20-5-2-1-3-6-20)15-19-9-12-23(13-10-19)35(42)43/h1-17,36H,18H2,(H,32,37)(H,33,39)(H,34,38)(H,40,41)/b26-15+. The number of carbonyl (C=O) groups excluding carboxylic acids is 3. The fourth-order valence-electron chi connectivity index (χ4n) is 3.79. The van der Waals surface area contributed by atoms with Crippen LogP contribution in [-0.4, -0.2) is 44.6 Å². The summed E-state index contributed by atoms with van der Waals surface area (Å²) in [6.07, 6.45) is 1.39. The summed E-state index contributed by atoms with van der Waals surface area (Å²) in [5.74, 6) is -3.42. The van der Waals surface area contributed by atoms with Crippen LogP contribution < -0.4 is 16.0 Å². The zero-order valence-electron chi connectivity index (χ0n) is 22.7. The van der Waals surface area contributed by atoms with Gasteiger partial charge >= 0.3 is 5.97 Å². The molecule has 0 atom stereocenters. The van der Waals surface area contributed by atoms with Gasteiger partial charge in [0, 0.05) is 34.0 Å². The lowest BCUT2D eigenvalue weighted by atomic mass is 10.1. The highest BCUT2D eigenvalue weighted by molar-refractivity contribution is 8.00. The molecule has 0 saturated carbocycles. The lowest BCUT2D eigenvalue weighted by Crippen LogP contribution is -2.30. The second-order valence-corrected chi connectivity index (χ2v) is 10.1. The lowest BCUT2D eigenvalue weighted by molar-refractivity contribution is -0.384. The van der Waals surface area contributed by atoms with Gasteiger partial charge in [0.15, 0.2) is 0 Å². The van der Waals surface area contributed by atoms with Crippen LogP contribution in [0, 0.1) is 10.1 Å². The fraction of sp³-hybridized carbons (Fsp3) is 0.0323. The third-order valence-corrected chi connectivity index (χ3v) is 6.91. The normalized spacial score (nSPS) is 10.9. The van der Waals surface area contributed by atoms with E-state index in [1.807, 2.05) is 0 Å². The number of carbonyl (C=O) groups is 4. The molecule has 4 aromatic carbocycles. The number of carboxylic acids is 1. The van der Waals surface area contributed by atoms with Crippen LogP contribution in [0.15, 0.2) is 108 Å². The molecule has 0 aliphatic heterocycles. The number of anilines is 2. The Hall–Kier alpha value is -5.95. The minimum absolute atomic E-state index is 0.0425. The first-order chi connectivity index (χ1) is 21.1. The number of non-ortho nitro benzene ring substituents is 1. The van der Waals surface area contributed by atoms with E-state index in [1.165, 1.54) is 42.5 Å². The summed E-state index contributed by atoms with van der Waals surface area (Å²) < 4.78 is 0. The van der Waals surface area contributed by atoms with Crippen LogP contribution in [0.3, 0.4) is 0 Å². The number of aromatic hydroxyl groups is 1. The summed E-state index contributed by atoms with van der Waals surface area (Å²) in [5.41, 5.74) is 0.745. The number of hydrogen-bond acceptors (Lipinski definition) is 8. The second kappa shape index (κ2) is 14.3. The fourth-order valence-corrected chi connectivity index (χ4v) is 4.55. The van der Waals surface area contributed by atoms with E-state index >= 15 is 0 Å². The molecule has 4 rings (SSSR count). The summed E-state index contributed by atoms with van der Waals surface area (Å²) in [7, 11) is 0. The van der Waals surface area contributed by atoms with Crippen molar-refractivity contribution in [3.05, 3.63) is 130 Å². The predicted octanol–water partition coefficient (Wildman–Crippen LogP) is 5.14. The van der Waals surface area contributed by atoms with Gasteiger partial charge in [0.2, 0.25) is 5.91 Å². The molecule has 0 spiro atoms. The first-order valence-corrected chi connectivity index (χ1v) is 13.8. The Kier molecular flexibility index (Phi) is 10.1. The molecule has 0 aliphatic rings. The molecule has 5 N–H and O–H groups in total. The molecular weight excluding hydrogens is 588 g/mol. The number of amides is 3. The minimum Gasteiger partial charge on any atom is -0.507 e. The molecule has 0 fully saturated rings. The molecule has 44 heavy (non-hydrogen) atoms. The highest BCUT2D eigenvalue weighted by Gasteiger charge is 2.16. The van der Waals surface area contributed by atoms with E-state index in [2.05, 4.69) is 16.0 Å². The number of nitrogens with zero attached hydrogens (tertiary/aromatic N) is 1. The molecule has 0 saturated heterocycles. The number of phenols is 1. The Balaban J connectivity index is 1.46. The first kappa shape index (κ1) is 31.0. The maximum atomic E-state index is 13.3. The Morgan fingerprint density at radius 3 is 2.23 bits per heavy atom. The van der Waals surface area contributed by atoms with Crippen molar-refractivity contribution < 1.29 is 34.3 Å². The largest absolute Gasteiger partial charge is 0.507 e. The third kappa shape index (κ3) is 8.53. The Labute approximate surface area is 254 Å². The van der Waals surface area contributed by atoms with Crippen LogP contribution in [0.5, 0.6) is 5.75 Å². The van der Waals surface area contributed by atoms with Gasteiger partial charge in [0.05, 0.1) is 10.7 Å². The maximum absolute atomic E-state index is 13.3. The summed E-state index contributed by atoms with van der Waals surface area (Å²) in [5, 5.41) is 37.7. The van der Waals surface area contributed by atoms with Crippen molar-refractivity contribution in [2.45, 2.75) is 4.90 Å². The van der Waals surface area contributed by atoms with Gasteiger partial charge in [-0.3, -0.25) is 24.5 Å². The van der Waals surface area contributed by atoms with E-state index in [0.717, 1.165) is 17.8 Å². The molecule has 0 radical (unpaired) electrons. The van der Waals surface area contributed by atoms with Crippen LogP contribution in [-0.2, 0) is 9.59 Å². The van der Waals surface area contributed by atoms with Crippen LogP contribution in [0.2, 0.25) is 0 Å². The molecule has 0 unspecified atom stereocenters. The third-order valence-electron chi connectivity index (χ3n) is 5.92. The number of aromatic carboxylic acids is 1. The van der Waals surface area contributed by atoms with Crippen molar-refractivity contribution in [1.29, 1.82) is 0 Å². The average molecular weight is 613 g/mol. The molecule has 13 heteroatoms. The van der Waals surface area contributed by atoms with Gasteiger partial charge in [0.1, 0.15) is 17.0 Å². The smallest absolute Gasteiger partial charge is 0.339 e. The van der Waals surface area contributed by atoms with Crippen molar-refractivity contribution in [2.75, 3.05) is 16.4 Å². The van der Waals surface area contributed by atoms with Crippen molar-refractivity contribution in [2.24, 2.45) is 0 Å². The van der Waals surface area contributed by atoms with Crippen LogP contribution in [0.4, 0.5) is 17.1 Å². The summed E-state index contributed by atoms with van der Waals surface area (Å²) in [4.78, 5) is 60.9. The van der Waals surface area contributed by atoms with Gasteiger partial charge in [-0.25, -0.2) is 4.79 Å². The van der Waals surface area contributed by atoms with Gasteiger partial charge in [-0.15, -0.1) is 11.8 Å². The van der Waals surface area contributed by atoms with Gasteiger partial charge in [-0.1, -0.05) is 24.3 Å². The molecule has 0 bridgehead atoms. The highest BCUT2D eigenvalue weighted by atomic mass is 32.2. The minimum atomic E-state index is -1.34. The molecular formula is C31H24N4O8S. The van der Waals surface area contributed by atoms with Gasteiger partial charge < -0.3 is 26.2 Å². The molecule has 0 aliphatic carbocycles. The Morgan fingerprint density at radius 1 is 0.841 bits per heavy atom. The van der Waals surface area contributed by atoms with Gasteiger partial charge in [0.25, 0.3) is 17.5 Å². The predicted molar refractivity (Wildman–Crippen MR) is 164 cm³/mol. The van der Waals surface area contributed by atoms with E-state index in [1.54, 1.807) is 54.6 Å². The number of nitro benzene ring substituents is 1. The zero-order chi connectivity index (χ0) is 31.6. The van der Waals surface area contributed by atoms with Gasteiger partial charge in [-0.05, 0) is 72.3 Å². The Bertz CT molecular complexity index is 1760. The SMILES string of the molecule is O=C(CSc1cccc(NC(=O)/C(=C\c2ccc([N+](=O)[O-])cc2)NC(=O)c2ccccc2)c1)Nc1ccc(O)c(C(=O)O)c1. The number of thioether (sulfide) groups is 1. The van der Waals surface area contributed by atoms with E-state index in [0.29, 0.717) is 21.7 Å². The molecule has 222 valence electrons. The van der Waals surface area contributed by atoms with Crippen LogP contribution in [0.1, 0.15) is 26.3 Å². The number of nitrogens with one attached hydrogen (secondary N) is 3. The van der Waals surface area contributed by atoms with Crippen LogP contribution >= 0.6 is 11.8 Å². The zero-order valence-corrected chi connectivity index (χ0v) is 23.5. The van der Waals surface area contributed by atoms with Crippen molar-refractivity contribution >= 4 is 58.6 Å². The monoisotopic (exact) mass is 612 g/mol. The van der Waals surface area contributed by atoms with E-state index < -0.39 is 34.4 Å². The summed E-state index contributed by atoms with van der Waals surface area (Å²) >= 11 is 1.16. The average Bonchev–Trinajstić information content (AvgIpc) is 3.01. The van der Waals surface area contributed by atoms with Crippen LogP contribution in [0.25, 0.3) is 6.08 Å². The summed E-state index contributed by atoms with van der Waals surface area (Å²) in [6.45, 7) is 0. The number of carboxylic acid groups (broad SMARTS) is 1. The number of hydrogen-bond donors (Lipinski definition) is 5. The lowest BCUT2D eigenvalue weighted by Gasteiger charge is -2.12. The van der Waals surface area contributed by atoms with E-state index in [4.69, 9.17) is 5.11 Å². The summed E-state index contributed by atoms with van der Waals surface area (Å²) in [6, 6.07) is 24.0. The number of benzene rings is 4. The van der Waals surface area contributed by atoms with Crippen molar-refractivity contribution in [3.8, 4) is 5.75 Å². The number of nitro groups is 1. The molecule has 4 aromatic rings. The topological polar surface area (TPSA) is 188 Å². The Morgan fingerprint density at radius 2 is 1.55 bits per heavy atom.